The molecule has 37 heavy (non-hydrogen) atoms. The van der Waals surface area contributed by atoms with Crippen molar-refractivity contribution in [3.8, 4) is 0 Å². The van der Waals surface area contributed by atoms with Gasteiger partial charge in [-0.15, -0.1) is 0 Å². The quantitative estimate of drug-likeness (QED) is 0.507. The lowest BCUT2D eigenvalue weighted by Crippen LogP contribution is -2.45. The van der Waals surface area contributed by atoms with E-state index in [4.69, 9.17) is 0 Å². The van der Waals surface area contributed by atoms with Crippen LogP contribution in [-0.4, -0.2) is 58.8 Å². The molecule has 2 aromatic rings. The molecule has 0 radical (unpaired) electrons. The molecule has 0 N–H and O–H groups in total. The highest BCUT2D eigenvalue weighted by molar-refractivity contribution is 5.94. The van der Waals surface area contributed by atoms with Gasteiger partial charge in [-0.25, -0.2) is 0 Å². The second-order valence-corrected chi connectivity index (χ2v) is 11.8. The maximum absolute atomic E-state index is 13.7. The van der Waals surface area contributed by atoms with Crippen molar-refractivity contribution in [1.29, 1.82) is 0 Å². The van der Waals surface area contributed by atoms with Crippen molar-refractivity contribution in [3.05, 3.63) is 59.4 Å². The number of benzene rings is 1. The van der Waals surface area contributed by atoms with Crippen molar-refractivity contribution < 1.29 is 9.59 Å². The molecule has 1 aromatic carbocycles. The summed E-state index contributed by atoms with van der Waals surface area (Å²) < 4.78 is 0. The van der Waals surface area contributed by atoms with E-state index in [0.29, 0.717) is 12.5 Å². The van der Waals surface area contributed by atoms with Crippen molar-refractivity contribution in [2.45, 2.75) is 95.7 Å². The molecule has 0 spiro atoms. The molecule has 198 valence electrons. The van der Waals surface area contributed by atoms with Gasteiger partial charge in [0.15, 0.2) is 0 Å². The van der Waals surface area contributed by atoms with Crippen LogP contribution in [-0.2, 0) is 10.2 Å². The molecule has 3 aliphatic rings. The van der Waals surface area contributed by atoms with Crippen LogP contribution in [0.1, 0.15) is 99.7 Å². The monoisotopic (exact) mass is 502 g/mol. The minimum atomic E-state index is -0.0157. The molecule has 1 aliphatic heterocycles. The summed E-state index contributed by atoms with van der Waals surface area (Å²) in [5.74, 6) is 0.332. The average molecular weight is 503 g/mol. The van der Waals surface area contributed by atoms with Crippen LogP contribution in [0.2, 0.25) is 0 Å². The predicted molar refractivity (Wildman–Crippen MR) is 148 cm³/mol. The zero-order valence-corrected chi connectivity index (χ0v) is 22.9. The number of anilines is 1. The SMILES string of the molecule is CCC(=O)N(C1CCCC1)C1CC(C)(C)c2ccc(C(=O)N(C)C3CCN(c4ccncc4)CC3)cc21. The molecule has 1 saturated carbocycles. The highest BCUT2D eigenvalue weighted by Gasteiger charge is 2.43. The molecule has 5 rings (SSSR count). The Kier molecular flexibility index (Phi) is 7.28. The number of rotatable bonds is 6. The van der Waals surface area contributed by atoms with Crippen LogP contribution >= 0.6 is 0 Å². The first-order valence-corrected chi connectivity index (χ1v) is 14.2. The zero-order valence-electron chi connectivity index (χ0n) is 22.9. The molecule has 2 fully saturated rings. The Morgan fingerprint density at radius 3 is 2.32 bits per heavy atom. The van der Waals surface area contributed by atoms with Gasteiger partial charge < -0.3 is 14.7 Å². The summed E-state index contributed by atoms with van der Waals surface area (Å²) >= 11 is 0. The number of fused-ring (bicyclic) bond motifs is 1. The minimum Gasteiger partial charge on any atom is -0.371 e. The lowest BCUT2D eigenvalue weighted by molar-refractivity contribution is -0.136. The summed E-state index contributed by atoms with van der Waals surface area (Å²) in [5.41, 5.74) is 4.40. The molecular formula is C31H42N4O2. The fourth-order valence-electron chi connectivity index (χ4n) is 6.97. The number of pyridine rings is 1. The van der Waals surface area contributed by atoms with Gasteiger partial charge in [-0.3, -0.25) is 14.6 Å². The third-order valence-corrected chi connectivity index (χ3v) is 9.10. The van der Waals surface area contributed by atoms with E-state index in [9.17, 15) is 9.59 Å². The molecule has 1 atom stereocenters. The number of hydrogen-bond donors (Lipinski definition) is 0. The van der Waals surface area contributed by atoms with Crippen molar-refractivity contribution in [2.75, 3.05) is 25.0 Å². The summed E-state index contributed by atoms with van der Waals surface area (Å²) in [6.45, 7) is 8.39. The number of hydrogen-bond acceptors (Lipinski definition) is 4. The number of piperidine rings is 1. The van der Waals surface area contributed by atoms with Crippen molar-refractivity contribution >= 4 is 17.5 Å². The predicted octanol–water partition coefficient (Wildman–Crippen LogP) is 5.73. The lowest BCUT2D eigenvalue weighted by atomic mass is 9.86. The zero-order chi connectivity index (χ0) is 26.2. The number of nitrogens with zero attached hydrogens (tertiary/aromatic N) is 4. The maximum atomic E-state index is 13.7. The highest BCUT2D eigenvalue weighted by Crippen LogP contribution is 2.49. The van der Waals surface area contributed by atoms with E-state index in [0.717, 1.165) is 50.8 Å². The second kappa shape index (κ2) is 10.5. The molecule has 0 bridgehead atoms. The summed E-state index contributed by atoms with van der Waals surface area (Å²) in [4.78, 5) is 37.6. The summed E-state index contributed by atoms with van der Waals surface area (Å²) in [5, 5.41) is 0. The molecule has 1 aromatic heterocycles. The Bertz CT molecular complexity index is 1120. The number of aromatic nitrogens is 1. The third-order valence-electron chi connectivity index (χ3n) is 9.10. The molecule has 2 aliphatic carbocycles. The first-order chi connectivity index (χ1) is 17.8. The molecule has 6 heteroatoms. The van der Waals surface area contributed by atoms with E-state index in [2.05, 4.69) is 52.9 Å². The lowest BCUT2D eigenvalue weighted by Gasteiger charge is -2.38. The maximum Gasteiger partial charge on any atom is 0.253 e. The van der Waals surface area contributed by atoms with Gasteiger partial charge in [-0.1, -0.05) is 39.7 Å². The normalized spacial score (nSPS) is 21.6. The molecule has 6 nitrogen and oxygen atoms in total. The van der Waals surface area contributed by atoms with E-state index in [1.54, 1.807) is 0 Å². The van der Waals surface area contributed by atoms with Crippen LogP contribution in [0.25, 0.3) is 0 Å². The van der Waals surface area contributed by atoms with Crippen LogP contribution in [0.15, 0.2) is 42.7 Å². The Balaban J connectivity index is 1.35. The number of amides is 2. The smallest absolute Gasteiger partial charge is 0.253 e. The van der Waals surface area contributed by atoms with Crippen LogP contribution in [0.3, 0.4) is 0 Å². The van der Waals surface area contributed by atoms with Crippen LogP contribution in [0.5, 0.6) is 0 Å². The Morgan fingerprint density at radius 1 is 1.00 bits per heavy atom. The largest absolute Gasteiger partial charge is 0.371 e. The van der Waals surface area contributed by atoms with Gasteiger partial charge in [0.2, 0.25) is 5.91 Å². The Morgan fingerprint density at radius 2 is 1.68 bits per heavy atom. The summed E-state index contributed by atoms with van der Waals surface area (Å²) in [6, 6.07) is 11.0. The average Bonchev–Trinajstić information content (AvgIpc) is 3.54. The fraction of sp³-hybridized carbons (Fsp3) is 0.581. The van der Waals surface area contributed by atoms with E-state index >= 15 is 0 Å². The van der Waals surface area contributed by atoms with Crippen LogP contribution < -0.4 is 4.90 Å². The number of carbonyl (C=O) groups is 2. The number of carbonyl (C=O) groups excluding carboxylic acids is 2. The van der Waals surface area contributed by atoms with Crippen LogP contribution in [0.4, 0.5) is 5.69 Å². The first-order valence-electron chi connectivity index (χ1n) is 14.2. The topological polar surface area (TPSA) is 56.8 Å². The fourth-order valence-corrected chi connectivity index (χ4v) is 6.97. The van der Waals surface area contributed by atoms with Crippen molar-refractivity contribution in [3.63, 3.8) is 0 Å². The van der Waals surface area contributed by atoms with Gasteiger partial charge in [0.05, 0.1) is 6.04 Å². The summed E-state index contributed by atoms with van der Waals surface area (Å²) in [7, 11) is 1.95. The van der Waals surface area contributed by atoms with Crippen molar-refractivity contribution in [2.24, 2.45) is 0 Å². The van der Waals surface area contributed by atoms with Crippen LogP contribution in [0, 0.1) is 0 Å². The molecule has 1 saturated heterocycles. The van der Waals surface area contributed by atoms with Crippen molar-refractivity contribution in [1.82, 2.24) is 14.8 Å². The van der Waals surface area contributed by atoms with Gasteiger partial charge >= 0.3 is 0 Å². The molecule has 2 amide bonds. The van der Waals surface area contributed by atoms with Gasteiger partial charge in [-0.05, 0) is 72.9 Å². The molecular weight excluding hydrogens is 460 g/mol. The second-order valence-electron chi connectivity index (χ2n) is 11.8. The molecule has 2 heterocycles. The first kappa shape index (κ1) is 25.7. The minimum absolute atomic E-state index is 0.0157. The van der Waals surface area contributed by atoms with E-state index in [1.807, 2.05) is 37.3 Å². The summed E-state index contributed by atoms with van der Waals surface area (Å²) in [6.07, 6.45) is 11.6. The van der Waals surface area contributed by atoms with E-state index < -0.39 is 0 Å². The standard InChI is InChI=1S/C31H42N4O2/c1-5-29(36)35(25-8-6-7-9-25)28-21-31(2,3)27-11-10-22(20-26(27)28)30(37)33(4)23-14-18-34(19-15-23)24-12-16-32-17-13-24/h10-13,16-17,20,23,25,28H,5-9,14-15,18-19,21H2,1-4H3. The molecule has 1 unspecified atom stereocenters. The van der Waals surface area contributed by atoms with E-state index in [1.165, 1.54) is 29.7 Å². The highest BCUT2D eigenvalue weighted by atomic mass is 16.2. The van der Waals surface area contributed by atoms with E-state index in [-0.39, 0.29) is 29.3 Å². The Hall–Kier alpha value is -2.89. The van der Waals surface area contributed by atoms with Gasteiger partial charge in [-0.2, -0.15) is 0 Å². The Labute approximate surface area is 222 Å². The van der Waals surface area contributed by atoms with Gasteiger partial charge in [0.25, 0.3) is 5.91 Å². The van der Waals surface area contributed by atoms with Gasteiger partial charge in [0.1, 0.15) is 0 Å². The van der Waals surface area contributed by atoms with Gasteiger partial charge in [0, 0.05) is 62.3 Å². The third kappa shape index (κ3) is 4.99.